The van der Waals surface area contributed by atoms with Gasteiger partial charge in [-0.15, -0.1) is 0 Å². The maximum Gasteiger partial charge on any atom is 0.171 e. The molecule has 1 fully saturated rings. The van der Waals surface area contributed by atoms with Crippen LogP contribution in [0.4, 0.5) is 11.5 Å². The quantitative estimate of drug-likeness (QED) is 0.798. The Morgan fingerprint density at radius 2 is 1.88 bits per heavy atom. The molecule has 4 nitrogen and oxygen atoms in total. The van der Waals surface area contributed by atoms with Crippen LogP contribution < -0.4 is 15.5 Å². The van der Waals surface area contributed by atoms with E-state index < -0.39 is 0 Å². The fourth-order valence-electron chi connectivity index (χ4n) is 3.07. The molecule has 2 aromatic rings. The lowest BCUT2D eigenvalue weighted by molar-refractivity contribution is 0.436. The molecule has 5 heteroatoms. The van der Waals surface area contributed by atoms with Crippen LogP contribution >= 0.6 is 12.2 Å². The zero-order chi connectivity index (χ0) is 17.6. The fraction of sp³-hybridized carbons (Fsp3) is 0.400. The third kappa shape index (κ3) is 4.92. The number of rotatable bonds is 4. The molecule has 1 aliphatic heterocycles. The summed E-state index contributed by atoms with van der Waals surface area (Å²) >= 11 is 5.42. The molecular weight excluding hydrogens is 328 g/mol. The van der Waals surface area contributed by atoms with E-state index in [2.05, 4.69) is 52.6 Å². The first-order valence-corrected chi connectivity index (χ1v) is 9.36. The summed E-state index contributed by atoms with van der Waals surface area (Å²) in [5.41, 5.74) is 2.12. The van der Waals surface area contributed by atoms with E-state index in [4.69, 9.17) is 12.2 Å². The molecule has 2 heterocycles. The minimum absolute atomic E-state index is 0.156. The summed E-state index contributed by atoms with van der Waals surface area (Å²) in [5.74, 6) is 1.88. The van der Waals surface area contributed by atoms with Crippen molar-refractivity contribution in [2.75, 3.05) is 23.3 Å². The van der Waals surface area contributed by atoms with Gasteiger partial charge in [-0.3, -0.25) is 0 Å². The molecule has 0 aliphatic carbocycles. The van der Waals surface area contributed by atoms with Crippen LogP contribution in [-0.4, -0.2) is 23.2 Å². The summed E-state index contributed by atoms with van der Waals surface area (Å²) in [4.78, 5) is 6.95. The average molecular weight is 355 g/mol. The predicted molar refractivity (Wildman–Crippen MR) is 109 cm³/mol. The van der Waals surface area contributed by atoms with Gasteiger partial charge >= 0.3 is 0 Å². The number of nitrogens with zero attached hydrogens (tertiary/aromatic N) is 2. The van der Waals surface area contributed by atoms with Crippen LogP contribution in [0.15, 0.2) is 48.7 Å². The van der Waals surface area contributed by atoms with E-state index >= 15 is 0 Å². The van der Waals surface area contributed by atoms with Crippen molar-refractivity contribution in [3.05, 3.63) is 54.2 Å². The second-order valence-electron chi connectivity index (χ2n) is 6.81. The highest BCUT2D eigenvalue weighted by atomic mass is 32.1. The molecule has 1 aromatic heterocycles. The molecule has 1 saturated heterocycles. The highest BCUT2D eigenvalue weighted by Gasteiger charge is 2.16. The summed E-state index contributed by atoms with van der Waals surface area (Å²) in [6, 6.07) is 14.5. The average Bonchev–Trinajstić information content (AvgIpc) is 2.64. The van der Waals surface area contributed by atoms with E-state index in [1.807, 2.05) is 30.5 Å². The number of nitrogens with one attached hydrogen (secondary N) is 2. The van der Waals surface area contributed by atoms with Gasteiger partial charge in [0.05, 0.1) is 17.9 Å². The number of hydrogen-bond acceptors (Lipinski definition) is 3. The van der Waals surface area contributed by atoms with E-state index in [1.165, 1.54) is 18.4 Å². The number of anilines is 2. The van der Waals surface area contributed by atoms with Gasteiger partial charge < -0.3 is 15.5 Å². The maximum absolute atomic E-state index is 5.42. The largest absolute Gasteiger partial charge is 0.357 e. The standard InChI is InChI=1S/C20H26N4S/c1-15-10-12-24(13-11-15)19-9-8-18(14-21-19)23-20(25)22-16(2)17-6-4-3-5-7-17/h3-9,14-16H,10-13H2,1-2H3,(H2,22,23,25). The molecule has 1 aliphatic rings. The SMILES string of the molecule is CC1CCN(c2ccc(NC(=S)NC(C)c3ccccc3)cn2)CC1. The van der Waals surface area contributed by atoms with E-state index in [0.29, 0.717) is 5.11 Å². The van der Waals surface area contributed by atoms with E-state index in [9.17, 15) is 0 Å². The van der Waals surface area contributed by atoms with Gasteiger partial charge in [0.15, 0.2) is 5.11 Å². The van der Waals surface area contributed by atoms with E-state index in [0.717, 1.165) is 30.5 Å². The van der Waals surface area contributed by atoms with Crippen LogP contribution in [-0.2, 0) is 0 Å². The minimum Gasteiger partial charge on any atom is -0.357 e. The molecular formula is C20H26N4S. The zero-order valence-electron chi connectivity index (χ0n) is 14.9. The summed E-state index contributed by atoms with van der Waals surface area (Å²) < 4.78 is 0. The van der Waals surface area contributed by atoms with Crippen LogP contribution in [0.1, 0.15) is 38.3 Å². The van der Waals surface area contributed by atoms with Gasteiger partial charge in [0.1, 0.15) is 5.82 Å². The summed E-state index contributed by atoms with van der Waals surface area (Å²) in [7, 11) is 0. The van der Waals surface area contributed by atoms with Gasteiger partial charge in [-0.2, -0.15) is 0 Å². The van der Waals surface area contributed by atoms with Gasteiger partial charge in [0.25, 0.3) is 0 Å². The van der Waals surface area contributed by atoms with E-state index in [-0.39, 0.29) is 6.04 Å². The monoisotopic (exact) mass is 354 g/mol. The van der Waals surface area contributed by atoms with Crippen molar-refractivity contribution in [1.29, 1.82) is 0 Å². The minimum atomic E-state index is 0.156. The van der Waals surface area contributed by atoms with Crippen LogP contribution in [0, 0.1) is 5.92 Å². The third-order valence-electron chi connectivity index (χ3n) is 4.76. The molecule has 132 valence electrons. The topological polar surface area (TPSA) is 40.2 Å². The normalized spacial score (nSPS) is 16.3. The Kier molecular flexibility index (Phi) is 5.87. The lowest BCUT2D eigenvalue weighted by Crippen LogP contribution is -2.33. The fourth-order valence-corrected chi connectivity index (χ4v) is 3.37. The highest BCUT2D eigenvalue weighted by Crippen LogP contribution is 2.22. The second kappa shape index (κ2) is 8.30. The second-order valence-corrected chi connectivity index (χ2v) is 7.21. The molecule has 1 aromatic carbocycles. The summed E-state index contributed by atoms with van der Waals surface area (Å²) in [6.07, 6.45) is 4.34. The first-order chi connectivity index (χ1) is 12.1. The first-order valence-electron chi connectivity index (χ1n) is 8.95. The number of aromatic nitrogens is 1. The molecule has 1 unspecified atom stereocenters. The number of pyridine rings is 1. The van der Waals surface area contributed by atoms with Gasteiger partial charge in [-0.1, -0.05) is 37.3 Å². The molecule has 2 N–H and O–H groups in total. The van der Waals surface area contributed by atoms with Gasteiger partial charge in [0, 0.05) is 13.1 Å². The van der Waals surface area contributed by atoms with Crippen LogP contribution in [0.5, 0.6) is 0 Å². The van der Waals surface area contributed by atoms with Crippen molar-refractivity contribution in [2.45, 2.75) is 32.7 Å². The zero-order valence-corrected chi connectivity index (χ0v) is 15.7. The Morgan fingerprint density at radius 1 is 1.16 bits per heavy atom. The Hall–Kier alpha value is -2.14. The van der Waals surface area contributed by atoms with Crippen LogP contribution in [0.2, 0.25) is 0 Å². The predicted octanol–water partition coefficient (Wildman–Crippen LogP) is 4.37. The first kappa shape index (κ1) is 17.7. The third-order valence-corrected chi connectivity index (χ3v) is 4.98. The molecule has 0 bridgehead atoms. The van der Waals surface area contributed by atoms with Crippen LogP contribution in [0.25, 0.3) is 0 Å². The lowest BCUT2D eigenvalue weighted by atomic mass is 9.99. The molecule has 0 amide bonds. The Bertz CT molecular complexity index is 679. The molecule has 25 heavy (non-hydrogen) atoms. The smallest absolute Gasteiger partial charge is 0.171 e. The summed E-state index contributed by atoms with van der Waals surface area (Å²) in [6.45, 7) is 6.61. The molecule has 0 spiro atoms. The van der Waals surface area contributed by atoms with Gasteiger partial charge in [-0.05, 0) is 55.6 Å². The number of thiocarbonyl (C=S) groups is 1. The Balaban J connectivity index is 1.53. The maximum atomic E-state index is 5.42. The van der Waals surface area contributed by atoms with Crippen LogP contribution in [0.3, 0.4) is 0 Å². The molecule has 1 atom stereocenters. The van der Waals surface area contributed by atoms with Crippen molar-refractivity contribution in [3.8, 4) is 0 Å². The molecule has 0 saturated carbocycles. The Morgan fingerprint density at radius 3 is 2.52 bits per heavy atom. The van der Waals surface area contributed by atoms with Crippen molar-refractivity contribution < 1.29 is 0 Å². The highest BCUT2D eigenvalue weighted by molar-refractivity contribution is 7.80. The Labute approximate surface area is 155 Å². The molecule has 3 rings (SSSR count). The summed E-state index contributed by atoms with van der Waals surface area (Å²) in [5, 5.41) is 7.14. The van der Waals surface area contributed by atoms with Crippen molar-refractivity contribution in [2.24, 2.45) is 5.92 Å². The van der Waals surface area contributed by atoms with E-state index in [1.54, 1.807) is 0 Å². The lowest BCUT2D eigenvalue weighted by Gasteiger charge is -2.31. The van der Waals surface area contributed by atoms with Crippen molar-refractivity contribution >= 4 is 28.8 Å². The van der Waals surface area contributed by atoms with Crippen molar-refractivity contribution in [1.82, 2.24) is 10.3 Å². The van der Waals surface area contributed by atoms with Gasteiger partial charge in [-0.25, -0.2) is 4.98 Å². The number of hydrogen-bond donors (Lipinski definition) is 2. The number of piperidine rings is 1. The molecule has 0 radical (unpaired) electrons. The van der Waals surface area contributed by atoms with Crippen molar-refractivity contribution in [3.63, 3.8) is 0 Å². The number of benzene rings is 1. The van der Waals surface area contributed by atoms with Gasteiger partial charge in [0.2, 0.25) is 0 Å².